The van der Waals surface area contributed by atoms with Crippen LogP contribution in [0, 0.1) is 17.0 Å². The molecular weight excluding hydrogens is 270 g/mol. The Hall–Kier alpha value is -2.76. The van der Waals surface area contributed by atoms with Crippen LogP contribution < -0.4 is 15.8 Å². The van der Waals surface area contributed by atoms with Gasteiger partial charge in [-0.05, 0) is 30.7 Å². The normalized spacial score (nSPS) is 10.1. The average molecular weight is 287 g/mol. The van der Waals surface area contributed by atoms with E-state index in [-0.39, 0.29) is 5.69 Å². The molecule has 0 fully saturated rings. The molecule has 110 valence electrons. The third kappa shape index (κ3) is 4.38. The number of nitro groups is 1. The SMILES string of the molecule is Cc1cccc(OCCNc2cc(N)cc([N+](=O)[O-])c2)c1. The molecule has 0 spiro atoms. The number of benzene rings is 2. The van der Waals surface area contributed by atoms with Crippen LogP contribution in [-0.4, -0.2) is 18.1 Å². The fourth-order valence-corrected chi connectivity index (χ4v) is 1.91. The number of nitrogen functional groups attached to an aromatic ring is 1. The molecule has 0 heterocycles. The lowest BCUT2D eigenvalue weighted by Gasteiger charge is -2.09. The number of nitro benzene ring substituents is 1. The fraction of sp³-hybridized carbons (Fsp3) is 0.200. The Bertz CT molecular complexity index is 644. The zero-order valence-corrected chi connectivity index (χ0v) is 11.7. The number of hydrogen-bond acceptors (Lipinski definition) is 5. The molecule has 0 radical (unpaired) electrons. The Morgan fingerprint density at radius 1 is 1.29 bits per heavy atom. The van der Waals surface area contributed by atoms with Crippen molar-refractivity contribution >= 4 is 17.1 Å². The van der Waals surface area contributed by atoms with Gasteiger partial charge in [-0.1, -0.05) is 12.1 Å². The highest BCUT2D eigenvalue weighted by atomic mass is 16.6. The molecule has 0 aliphatic carbocycles. The Morgan fingerprint density at radius 2 is 2.10 bits per heavy atom. The maximum absolute atomic E-state index is 10.7. The second-order valence-electron chi connectivity index (χ2n) is 4.66. The molecule has 0 bridgehead atoms. The topological polar surface area (TPSA) is 90.4 Å². The maximum Gasteiger partial charge on any atom is 0.273 e. The second kappa shape index (κ2) is 6.60. The average Bonchev–Trinajstić information content (AvgIpc) is 2.43. The van der Waals surface area contributed by atoms with Crippen molar-refractivity contribution < 1.29 is 9.66 Å². The van der Waals surface area contributed by atoms with E-state index in [0.29, 0.717) is 24.5 Å². The van der Waals surface area contributed by atoms with E-state index >= 15 is 0 Å². The van der Waals surface area contributed by atoms with Gasteiger partial charge in [-0.3, -0.25) is 10.1 Å². The summed E-state index contributed by atoms with van der Waals surface area (Å²) in [6.45, 7) is 2.97. The summed E-state index contributed by atoms with van der Waals surface area (Å²) in [5, 5.41) is 13.8. The van der Waals surface area contributed by atoms with E-state index in [2.05, 4.69) is 5.32 Å². The Morgan fingerprint density at radius 3 is 2.81 bits per heavy atom. The van der Waals surface area contributed by atoms with Crippen LogP contribution >= 0.6 is 0 Å². The van der Waals surface area contributed by atoms with Crippen molar-refractivity contribution in [3.05, 3.63) is 58.1 Å². The van der Waals surface area contributed by atoms with Crippen LogP contribution in [0.3, 0.4) is 0 Å². The Kier molecular flexibility index (Phi) is 4.61. The summed E-state index contributed by atoms with van der Waals surface area (Å²) in [7, 11) is 0. The molecule has 0 aliphatic rings. The first-order valence-corrected chi connectivity index (χ1v) is 6.53. The van der Waals surface area contributed by atoms with Gasteiger partial charge in [0.1, 0.15) is 12.4 Å². The number of nitrogens with zero attached hydrogens (tertiary/aromatic N) is 1. The van der Waals surface area contributed by atoms with Gasteiger partial charge in [0.25, 0.3) is 5.69 Å². The smallest absolute Gasteiger partial charge is 0.273 e. The van der Waals surface area contributed by atoms with Crippen molar-refractivity contribution in [2.45, 2.75) is 6.92 Å². The second-order valence-corrected chi connectivity index (χ2v) is 4.66. The van der Waals surface area contributed by atoms with Crippen molar-refractivity contribution in [3.8, 4) is 5.75 Å². The van der Waals surface area contributed by atoms with E-state index in [9.17, 15) is 10.1 Å². The van der Waals surface area contributed by atoms with Crippen LogP contribution in [0.5, 0.6) is 5.75 Å². The Balaban J connectivity index is 1.87. The monoisotopic (exact) mass is 287 g/mol. The van der Waals surface area contributed by atoms with Gasteiger partial charge >= 0.3 is 0 Å². The van der Waals surface area contributed by atoms with Gasteiger partial charge in [0.05, 0.1) is 4.92 Å². The molecule has 0 amide bonds. The highest BCUT2D eigenvalue weighted by Gasteiger charge is 2.08. The minimum atomic E-state index is -0.467. The number of nitrogens with one attached hydrogen (secondary N) is 1. The molecule has 0 atom stereocenters. The van der Waals surface area contributed by atoms with Gasteiger partial charge in [0.15, 0.2) is 0 Å². The van der Waals surface area contributed by atoms with Gasteiger partial charge in [-0.25, -0.2) is 0 Å². The molecule has 0 saturated heterocycles. The summed E-state index contributed by atoms with van der Waals surface area (Å²) < 4.78 is 5.59. The zero-order chi connectivity index (χ0) is 15.2. The van der Waals surface area contributed by atoms with Crippen molar-refractivity contribution in [2.75, 3.05) is 24.2 Å². The number of non-ortho nitro benzene ring substituents is 1. The molecule has 6 heteroatoms. The molecule has 0 aromatic heterocycles. The van der Waals surface area contributed by atoms with Gasteiger partial charge in [-0.2, -0.15) is 0 Å². The summed E-state index contributed by atoms with van der Waals surface area (Å²) in [5.41, 5.74) is 7.69. The number of nitrogens with two attached hydrogens (primary N) is 1. The first kappa shape index (κ1) is 14.6. The predicted octanol–water partition coefficient (Wildman–Crippen LogP) is 2.98. The number of rotatable bonds is 6. The minimum absolute atomic E-state index is 0.0305. The van der Waals surface area contributed by atoms with Crippen LogP contribution in [-0.2, 0) is 0 Å². The van der Waals surface area contributed by atoms with E-state index in [1.54, 1.807) is 6.07 Å². The zero-order valence-electron chi connectivity index (χ0n) is 11.7. The third-order valence-corrected chi connectivity index (χ3v) is 2.84. The molecule has 2 aromatic carbocycles. The van der Waals surface area contributed by atoms with Gasteiger partial charge < -0.3 is 15.8 Å². The first-order chi connectivity index (χ1) is 10.0. The van der Waals surface area contributed by atoms with E-state index in [0.717, 1.165) is 11.3 Å². The lowest BCUT2D eigenvalue weighted by molar-refractivity contribution is -0.384. The number of aryl methyl sites for hydroxylation is 1. The van der Waals surface area contributed by atoms with Gasteiger partial charge in [0, 0.05) is 30.1 Å². The Labute approximate surface area is 122 Å². The molecular formula is C15H17N3O3. The number of ether oxygens (including phenoxy) is 1. The lowest BCUT2D eigenvalue weighted by atomic mass is 10.2. The van der Waals surface area contributed by atoms with Crippen molar-refractivity contribution in [3.63, 3.8) is 0 Å². The highest BCUT2D eigenvalue weighted by molar-refractivity contribution is 5.61. The third-order valence-electron chi connectivity index (χ3n) is 2.84. The molecule has 6 nitrogen and oxygen atoms in total. The number of anilines is 2. The first-order valence-electron chi connectivity index (χ1n) is 6.53. The largest absolute Gasteiger partial charge is 0.492 e. The van der Waals surface area contributed by atoms with E-state index in [4.69, 9.17) is 10.5 Å². The van der Waals surface area contributed by atoms with Crippen LogP contribution in [0.1, 0.15) is 5.56 Å². The fourth-order valence-electron chi connectivity index (χ4n) is 1.91. The number of hydrogen-bond donors (Lipinski definition) is 2. The van der Waals surface area contributed by atoms with Crippen molar-refractivity contribution in [1.82, 2.24) is 0 Å². The molecule has 2 rings (SSSR count). The molecule has 21 heavy (non-hydrogen) atoms. The standard InChI is InChI=1S/C15H17N3O3/c1-11-3-2-4-15(7-11)21-6-5-17-13-8-12(16)9-14(10-13)18(19)20/h2-4,7-10,17H,5-6,16H2,1H3. The van der Waals surface area contributed by atoms with Gasteiger partial charge in [-0.15, -0.1) is 0 Å². The van der Waals surface area contributed by atoms with E-state index in [1.807, 2.05) is 31.2 Å². The van der Waals surface area contributed by atoms with Gasteiger partial charge in [0.2, 0.25) is 0 Å². The lowest BCUT2D eigenvalue weighted by Crippen LogP contribution is -2.11. The van der Waals surface area contributed by atoms with E-state index < -0.39 is 4.92 Å². The quantitative estimate of drug-likeness (QED) is 0.369. The van der Waals surface area contributed by atoms with Crippen LogP contribution in [0.2, 0.25) is 0 Å². The molecule has 0 saturated carbocycles. The van der Waals surface area contributed by atoms with Crippen molar-refractivity contribution in [2.24, 2.45) is 0 Å². The summed E-state index contributed by atoms with van der Waals surface area (Å²) in [6, 6.07) is 12.2. The van der Waals surface area contributed by atoms with E-state index in [1.165, 1.54) is 12.1 Å². The summed E-state index contributed by atoms with van der Waals surface area (Å²) in [5.74, 6) is 0.801. The van der Waals surface area contributed by atoms with Crippen LogP contribution in [0.4, 0.5) is 17.1 Å². The molecule has 0 unspecified atom stereocenters. The molecule has 0 aliphatic heterocycles. The highest BCUT2D eigenvalue weighted by Crippen LogP contribution is 2.22. The van der Waals surface area contributed by atoms with Crippen molar-refractivity contribution in [1.29, 1.82) is 0 Å². The maximum atomic E-state index is 10.7. The predicted molar refractivity (Wildman–Crippen MR) is 82.7 cm³/mol. The van der Waals surface area contributed by atoms with Crippen LogP contribution in [0.25, 0.3) is 0 Å². The minimum Gasteiger partial charge on any atom is -0.492 e. The summed E-state index contributed by atoms with van der Waals surface area (Å²) >= 11 is 0. The molecule has 2 aromatic rings. The summed E-state index contributed by atoms with van der Waals surface area (Å²) in [4.78, 5) is 10.3. The summed E-state index contributed by atoms with van der Waals surface area (Å²) in [6.07, 6.45) is 0. The van der Waals surface area contributed by atoms with Crippen LogP contribution in [0.15, 0.2) is 42.5 Å². The molecule has 3 N–H and O–H groups in total.